The van der Waals surface area contributed by atoms with Crippen molar-refractivity contribution in [1.82, 2.24) is 4.72 Å². The van der Waals surface area contributed by atoms with Crippen molar-refractivity contribution in [2.75, 3.05) is 6.54 Å². The van der Waals surface area contributed by atoms with E-state index in [4.69, 9.17) is 11.5 Å². The van der Waals surface area contributed by atoms with Gasteiger partial charge >= 0.3 is 5.97 Å². The standard InChI is InChI=1S/C13H13NO4S/c1-2-3-10-14-19(17,18)12-7-4-11(5-8-12)6-9-13(15)16/h1,4-9,14H,3,10H2,(H,15,16). The Kier molecular flexibility index (Phi) is 5.30. The van der Waals surface area contributed by atoms with E-state index in [9.17, 15) is 13.2 Å². The second-order valence-corrected chi connectivity index (χ2v) is 5.36. The van der Waals surface area contributed by atoms with Crippen molar-refractivity contribution in [3.8, 4) is 12.3 Å². The summed E-state index contributed by atoms with van der Waals surface area (Å²) in [5, 5.41) is 8.47. The van der Waals surface area contributed by atoms with E-state index in [1.54, 1.807) is 0 Å². The Labute approximate surface area is 112 Å². The maximum absolute atomic E-state index is 11.8. The number of benzene rings is 1. The van der Waals surface area contributed by atoms with Crippen LogP contribution in [0.2, 0.25) is 0 Å². The molecule has 19 heavy (non-hydrogen) atoms. The molecule has 0 saturated carbocycles. The van der Waals surface area contributed by atoms with E-state index in [1.165, 1.54) is 30.3 Å². The molecule has 0 spiro atoms. The Bertz CT molecular complexity index is 609. The van der Waals surface area contributed by atoms with Gasteiger partial charge in [0.25, 0.3) is 0 Å². The average molecular weight is 279 g/mol. The number of sulfonamides is 1. The molecule has 6 heteroatoms. The van der Waals surface area contributed by atoms with Crippen LogP contribution >= 0.6 is 0 Å². The number of carboxylic acid groups (broad SMARTS) is 1. The molecule has 1 aromatic rings. The van der Waals surface area contributed by atoms with Crippen molar-refractivity contribution in [2.45, 2.75) is 11.3 Å². The molecule has 0 saturated heterocycles. The van der Waals surface area contributed by atoms with Gasteiger partial charge in [0.15, 0.2) is 0 Å². The molecule has 0 bridgehead atoms. The van der Waals surface area contributed by atoms with Crippen molar-refractivity contribution in [2.24, 2.45) is 0 Å². The number of rotatable bonds is 6. The van der Waals surface area contributed by atoms with E-state index >= 15 is 0 Å². The maximum atomic E-state index is 11.8. The SMILES string of the molecule is C#CCCNS(=O)(=O)c1ccc(C=CC(=O)O)cc1. The van der Waals surface area contributed by atoms with Gasteiger partial charge in [-0.15, -0.1) is 12.3 Å². The molecule has 0 aliphatic rings. The van der Waals surface area contributed by atoms with Crippen LogP contribution in [0.25, 0.3) is 6.08 Å². The highest BCUT2D eigenvalue weighted by Crippen LogP contribution is 2.11. The van der Waals surface area contributed by atoms with E-state index in [1.807, 2.05) is 0 Å². The first-order chi connectivity index (χ1) is 8.95. The molecule has 0 unspecified atom stereocenters. The van der Waals surface area contributed by atoms with Gasteiger partial charge < -0.3 is 5.11 Å². The van der Waals surface area contributed by atoms with Crippen molar-refractivity contribution < 1.29 is 18.3 Å². The van der Waals surface area contributed by atoms with Crippen LogP contribution in [0.3, 0.4) is 0 Å². The molecule has 1 aromatic carbocycles. The van der Waals surface area contributed by atoms with Crippen molar-refractivity contribution in [3.63, 3.8) is 0 Å². The van der Waals surface area contributed by atoms with Crippen LogP contribution in [-0.4, -0.2) is 26.0 Å². The Balaban J connectivity index is 2.81. The van der Waals surface area contributed by atoms with Crippen LogP contribution < -0.4 is 4.72 Å². The van der Waals surface area contributed by atoms with Crippen LogP contribution in [0.4, 0.5) is 0 Å². The maximum Gasteiger partial charge on any atom is 0.328 e. The molecule has 0 aromatic heterocycles. The zero-order valence-corrected chi connectivity index (χ0v) is 10.9. The Hall–Kier alpha value is -2.10. The second kappa shape index (κ2) is 6.73. The van der Waals surface area contributed by atoms with Gasteiger partial charge in [-0.05, 0) is 23.8 Å². The lowest BCUT2D eigenvalue weighted by molar-refractivity contribution is -0.131. The number of nitrogens with one attached hydrogen (secondary N) is 1. The minimum Gasteiger partial charge on any atom is -0.478 e. The lowest BCUT2D eigenvalue weighted by Gasteiger charge is -2.05. The number of hydrogen-bond donors (Lipinski definition) is 2. The summed E-state index contributed by atoms with van der Waals surface area (Å²) in [6.45, 7) is 0.180. The summed E-state index contributed by atoms with van der Waals surface area (Å²) in [6.07, 6.45) is 7.71. The summed E-state index contributed by atoms with van der Waals surface area (Å²) in [6, 6.07) is 5.85. The number of aliphatic carboxylic acids is 1. The Morgan fingerprint density at radius 2 is 2.00 bits per heavy atom. The smallest absolute Gasteiger partial charge is 0.328 e. The van der Waals surface area contributed by atoms with Crippen LogP contribution in [0, 0.1) is 12.3 Å². The number of terminal acetylenes is 1. The van der Waals surface area contributed by atoms with Gasteiger partial charge in [-0.2, -0.15) is 0 Å². The van der Waals surface area contributed by atoms with Crippen molar-refractivity contribution >= 4 is 22.1 Å². The van der Waals surface area contributed by atoms with Crippen molar-refractivity contribution in [3.05, 3.63) is 35.9 Å². The molecule has 0 heterocycles. The van der Waals surface area contributed by atoms with E-state index in [0.717, 1.165) is 6.08 Å². The first kappa shape index (κ1) is 15.0. The fourth-order valence-corrected chi connectivity index (χ4v) is 2.30. The summed E-state index contributed by atoms with van der Waals surface area (Å²) in [7, 11) is -3.57. The highest BCUT2D eigenvalue weighted by molar-refractivity contribution is 7.89. The highest BCUT2D eigenvalue weighted by atomic mass is 32.2. The van der Waals surface area contributed by atoms with Crippen LogP contribution in [0.5, 0.6) is 0 Å². The predicted octanol–water partition coefficient (Wildman–Crippen LogP) is 1.09. The Morgan fingerprint density at radius 3 is 2.53 bits per heavy atom. The highest BCUT2D eigenvalue weighted by Gasteiger charge is 2.12. The third-order valence-corrected chi connectivity index (χ3v) is 3.65. The van der Waals surface area contributed by atoms with Crippen LogP contribution in [-0.2, 0) is 14.8 Å². The quantitative estimate of drug-likeness (QED) is 0.464. The fourth-order valence-electron chi connectivity index (χ4n) is 1.27. The molecule has 0 radical (unpaired) electrons. The normalized spacial score (nSPS) is 11.3. The van der Waals surface area contributed by atoms with Gasteiger partial charge in [0.05, 0.1) is 4.90 Å². The fraction of sp³-hybridized carbons (Fsp3) is 0.154. The Morgan fingerprint density at radius 1 is 1.37 bits per heavy atom. The lowest BCUT2D eigenvalue weighted by Crippen LogP contribution is -2.24. The van der Waals surface area contributed by atoms with E-state index in [0.29, 0.717) is 12.0 Å². The van der Waals surface area contributed by atoms with Crippen LogP contribution in [0.15, 0.2) is 35.2 Å². The minimum absolute atomic E-state index is 0.108. The molecule has 5 nitrogen and oxygen atoms in total. The van der Waals surface area contributed by atoms with Gasteiger partial charge in [0, 0.05) is 19.0 Å². The largest absolute Gasteiger partial charge is 0.478 e. The second-order valence-electron chi connectivity index (χ2n) is 3.59. The minimum atomic E-state index is -3.57. The van der Waals surface area contributed by atoms with Gasteiger partial charge in [0.2, 0.25) is 10.0 Å². The molecule has 0 amide bonds. The zero-order valence-electron chi connectivity index (χ0n) is 10.0. The van der Waals surface area contributed by atoms with E-state index in [2.05, 4.69) is 10.6 Å². The summed E-state index contributed by atoms with van der Waals surface area (Å²) in [5.41, 5.74) is 0.602. The third-order valence-electron chi connectivity index (χ3n) is 2.17. The first-order valence-electron chi connectivity index (χ1n) is 5.40. The van der Waals surface area contributed by atoms with Gasteiger partial charge in [-0.3, -0.25) is 0 Å². The first-order valence-corrected chi connectivity index (χ1v) is 6.88. The molecule has 2 N–H and O–H groups in total. The molecule has 0 aliphatic heterocycles. The molecule has 100 valence electrons. The van der Waals surface area contributed by atoms with Gasteiger partial charge in [-0.1, -0.05) is 12.1 Å². The van der Waals surface area contributed by atoms with Crippen LogP contribution in [0.1, 0.15) is 12.0 Å². The molecule has 0 fully saturated rings. The summed E-state index contributed by atoms with van der Waals surface area (Å²) < 4.78 is 25.9. The summed E-state index contributed by atoms with van der Waals surface area (Å²) in [4.78, 5) is 10.4. The van der Waals surface area contributed by atoms with E-state index < -0.39 is 16.0 Å². The topological polar surface area (TPSA) is 83.5 Å². The zero-order chi connectivity index (χ0) is 14.3. The molecule has 0 atom stereocenters. The monoisotopic (exact) mass is 279 g/mol. The van der Waals surface area contributed by atoms with Gasteiger partial charge in [-0.25, -0.2) is 17.9 Å². The summed E-state index contributed by atoms with van der Waals surface area (Å²) >= 11 is 0. The van der Waals surface area contributed by atoms with Crippen molar-refractivity contribution in [1.29, 1.82) is 0 Å². The average Bonchev–Trinajstić information content (AvgIpc) is 2.37. The molecular formula is C13H13NO4S. The third kappa shape index (κ3) is 4.95. The molecule has 1 rings (SSSR count). The number of hydrogen-bond acceptors (Lipinski definition) is 3. The molecular weight excluding hydrogens is 266 g/mol. The lowest BCUT2D eigenvalue weighted by atomic mass is 10.2. The van der Waals surface area contributed by atoms with Gasteiger partial charge in [0.1, 0.15) is 0 Å². The predicted molar refractivity (Wildman–Crippen MR) is 71.8 cm³/mol. The number of carboxylic acids is 1. The number of carbonyl (C=O) groups is 1. The van der Waals surface area contributed by atoms with E-state index in [-0.39, 0.29) is 11.4 Å². The molecule has 0 aliphatic carbocycles. The summed E-state index contributed by atoms with van der Waals surface area (Å²) in [5.74, 6) is 1.27.